The zero-order chi connectivity index (χ0) is 9.26. The van der Waals surface area contributed by atoms with Gasteiger partial charge in [-0.3, -0.25) is 0 Å². The Morgan fingerprint density at radius 1 is 1.38 bits per heavy atom. The Balaban J connectivity index is 2.18. The van der Waals surface area contributed by atoms with Crippen LogP contribution in [0.25, 0.3) is 0 Å². The van der Waals surface area contributed by atoms with Crippen LogP contribution in [0.1, 0.15) is 5.82 Å². The molecule has 4 N–H and O–H groups in total. The first-order chi connectivity index (χ1) is 6.27. The summed E-state index contributed by atoms with van der Waals surface area (Å²) in [4.78, 5) is 9.56. The predicted octanol–water partition coefficient (Wildman–Crippen LogP) is -0.290. The van der Waals surface area contributed by atoms with Crippen LogP contribution in [0, 0.1) is 6.92 Å². The van der Waals surface area contributed by atoms with E-state index >= 15 is 0 Å². The lowest BCUT2D eigenvalue weighted by Gasteiger charge is -2.27. The monoisotopic (exact) mass is 181 g/mol. The Kier molecular flexibility index (Phi) is 2.10. The van der Waals surface area contributed by atoms with Crippen LogP contribution < -0.4 is 16.0 Å². The van der Waals surface area contributed by atoms with Crippen LogP contribution in [0.5, 0.6) is 0 Å². The molecule has 1 fully saturated rings. The molecule has 0 atom stereocenters. The van der Waals surface area contributed by atoms with Gasteiger partial charge in [0.1, 0.15) is 11.6 Å². The van der Waals surface area contributed by atoms with E-state index in [0.717, 1.165) is 37.8 Å². The van der Waals surface area contributed by atoms with Crippen LogP contribution in [-0.4, -0.2) is 36.1 Å². The van der Waals surface area contributed by atoms with Crippen LogP contribution in [0.15, 0.2) is 0 Å². The highest BCUT2D eigenvalue weighted by Crippen LogP contribution is 2.19. The van der Waals surface area contributed by atoms with Gasteiger partial charge in [0.25, 0.3) is 0 Å². The average Bonchev–Trinajstić information content (AvgIpc) is 2.47. The third kappa shape index (κ3) is 1.60. The molecule has 0 saturated carbocycles. The Bertz CT molecular complexity index is 287. The molecule has 0 aliphatic carbocycles. The molecule has 1 saturated heterocycles. The summed E-state index contributed by atoms with van der Waals surface area (Å²) in [6, 6.07) is 0. The van der Waals surface area contributed by atoms with Gasteiger partial charge in [0.05, 0.1) is 0 Å². The summed E-state index contributed by atoms with van der Waals surface area (Å²) < 4.78 is 0. The quantitative estimate of drug-likeness (QED) is 0.557. The number of H-pyrrole nitrogens is 1. The molecule has 0 unspecified atom stereocenters. The Labute approximate surface area is 77.3 Å². The number of imidazole rings is 1. The largest absolute Gasteiger partial charge is 0.382 e. The molecule has 0 radical (unpaired) electrons. The second kappa shape index (κ2) is 3.26. The Morgan fingerprint density at radius 3 is 2.62 bits per heavy atom. The van der Waals surface area contributed by atoms with E-state index < -0.39 is 0 Å². The molecular formula is C8H15N5. The number of anilines is 2. The number of nitrogens with zero attached hydrogens (tertiary/aromatic N) is 2. The lowest BCUT2D eigenvalue weighted by molar-refractivity contribution is 0.586. The van der Waals surface area contributed by atoms with Crippen molar-refractivity contribution in [3.8, 4) is 0 Å². The SMILES string of the molecule is Cc1nc(N2CCNCC2)c(N)[nH]1. The predicted molar refractivity (Wildman–Crippen MR) is 52.8 cm³/mol. The lowest BCUT2D eigenvalue weighted by Crippen LogP contribution is -2.43. The van der Waals surface area contributed by atoms with Crippen LogP contribution in [-0.2, 0) is 0 Å². The van der Waals surface area contributed by atoms with E-state index in [1.807, 2.05) is 6.92 Å². The summed E-state index contributed by atoms with van der Waals surface area (Å²) in [5.41, 5.74) is 5.79. The summed E-state index contributed by atoms with van der Waals surface area (Å²) in [5.74, 6) is 2.46. The fourth-order valence-corrected chi connectivity index (χ4v) is 1.62. The molecule has 1 aliphatic rings. The summed E-state index contributed by atoms with van der Waals surface area (Å²) in [7, 11) is 0. The first-order valence-electron chi connectivity index (χ1n) is 4.55. The molecule has 0 spiro atoms. The van der Waals surface area contributed by atoms with Crippen LogP contribution >= 0.6 is 0 Å². The molecule has 1 aromatic rings. The van der Waals surface area contributed by atoms with Crippen LogP contribution in [0.3, 0.4) is 0 Å². The minimum Gasteiger partial charge on any atom is -0.382 e. The van der Waals surface area contributed by atoms with Gasteiger partial charge in [-0.2, -0.15) is 0 Å². The van der Waals surface area contributed by atoms with E-state index in [-0.39, 0.29) is 0 Å². The number of aryl methyl sites for hydroxylation is 1. The number of aromatic nitrogens is 2. The fourth-order valence-electron chi connectivity index (χ4n) is 1.62. The van der Waals surface area contributed by atoms with Gasteiger partial charge in [-0.15, -0.1) is 0 Å². The highest BCUT2D eigenvalue weighted by molar-refractivity contribution is 5.59. The minimum atomic E-state index is 0.680. The zero-order valence-electron chi connectivity index (χ0n) is 7.80. The molecule has 1 aliphatic heterocycles. The molecule has 0 bridgehead atoms. The molecule has 1 aromatic heterocycles. The molecule has 72 valence electrons. The molecule has 0 amide bonds. The maximum absolute atomic E-state index is 5.79. The molecule has 2 heterocycles. The number of hydrogen-bond acceptors (Lipinski definition) is 4. The standard InChI is InChI=1S/C8H15N5/c1-6-11-7(9)8(12-6)13-4-2-10-3-5-13/h10H,2-5,9H2,1H3,(H,11,12). The number of rotatable bonds is 1. The van der Waals surface area contributed by atoms with Crippen molar-refractivity contribution in [1.29, 1.82) is 0 Å². The van der Waals surface area contributed by atoms with E-state index in [9.17, 15) is 0 Å². The van der Waals surface area contributed by atoms with E-state index in [4.69, 9.17) is 5.73 Å². The van der Waals surface area contributed by atoms with E-state index in [1.54, 1.807) is 0 Å². The first-order valence-corrected chi connectivity index (χ1v) is 4.55. The van der Waals surface area contributed by atoms with Gasteiger partial charge in [0.15, 0.2) is 5.82 Å². The van der Waals surface area contributed by atoms with Crippen molar-refractivity contribution >= 4 is 11.6 Å². The summed E-state index contributed by atoms with van der Waals surface area (Å²) >= 11 is 0. The van der Waals surface area contributed by atoms with Crippen molar-refractivity contribution in [1.82, 2.24) is 15.3 Å². The number of hydrogen-bond donors (Lipinski definition) is 3. The maximum atomic E-state index is 5.79. The van der Waals surface area contributed by atoms with Crippen LogP contribution in [0.2, 0.25) is 0 Å². The summed E-state index contributed by atoms with van der Waals surface area (Å²) in [6.45, 7) is 5.89. The van der Waals surface area contributed by atoms with Gasteiger partial charge in [-0.05, 0) is 6.92 Å². The average molecular weight is 181 g/mol. The molecular weight excluding hydrogens is 166 g/mol. The molecule has 5 heteroatoms. The summed E-state index contributed by atoms with van der Waals surface area (Å²) in [6.07, 6.45) is 0. The summed E-state index contributed by atoms with van der Waals surface area (Å²) in [5, 5.41) is 3.29. The van der Waals surface area contributed by atoms with Crippen molar-refractivity contribution in [2.45, 2.75) is 6.92 Å². The number of piperazine rings is 1. The molecule has 0 aromatic carbocycles. The molecule has 5 nitrogen and oxygen atoms in total. The number of aromatic amines is 1. The molecule has 13 heavy (non-hydrogen) atoms. The highest BCUT2D eigenvalue weighted by Gasteiger charge is 2.15. The first kappa shape index (κ1) is 8.37. The van der Waals surface area contributed by atoms with Gasteiger partial charge in [0.2, 0.25) is 0 Å². The lowest BCUT2D eigenvalue weighted by atomic mass is 10.3. The van der Waals surface area contributed by atoms with E-state index in [0.29, 0.717) is 5.82 Å². The second-order valence-electron chi connectivity index (χ2n) is 3.30. The number of nitrogens with two attached hydrogens (primary N) is 1. The van der Waals surface area contributed by atoms with Gasteiger partial charge < -0.3 is 20.9 Å². The van der Waals surface area contributed by atoms with Crippen LogP contribution in [0.4, 0.5) is 11.6 Å². The van der Waals surface area contributed by atoms with Gasteiger partial charge in [0, 0.05) is 26.2 Å². The Hall–Kier alpha value is -1.23. The Morgan fingerprint density at radius 2 is 2.08 bits per heavy atom. The smallest absolute Gasteiger partial charge is 0.171 e. The third-order valence-corrected chi connectivity index (χ3v) is 2.25. The zero-order valence-corrected chi connectivity index (χ0v) is 7.80. The van der Waals surface area contributed by atoms with Crippen molar-refractivity contribution in [2.24, 2.45) is 0 Å². The van der Waals surface area contributed by atoms with Crippen molar-refractivity contribution in [3.63, 3.8) is 0 Å². The fraction of sp³-hybridized carbons (Fsp3) is 0.625. The van der Waals surface area contributed by atoms with Gasteiger partial charge in [-0.25, -0.2) is 4.98 Å². The maximum Gasteiger partial charge on any atom is 0.171 e. The number of nitrogen functional groups attached to an aromatic ring is 1. The highest BCUT2D eigenvalue weighted by atomic mass is 15.3. The van der Waals surface area contributed by atoms with Gasteiger partial charge >= 0.3 is 0 Å². The minimum absolute atomic E-state index is 0.680. The number of nitrogens with one attached hydrogen (secondary N) is 2. The second-order valence-corrected chi connectivity index (χ2v) is 3.30. The van der Waals surface area contributed by atoms with Crippen molar-refractivity contribution < 1.29 is 0 Å². The van der Waals surface area contributed by atoms with Crippen molar-refractivity contribution in [2.75, 3.05) is 36.8 Å². The third-order valence-electron chi connectivity index (χ3n) is 2.25. The topological polar surface area (TPSA) is 70.0 Å². The van der Waals surface area contributed by atoms with Gasteiger partial charge in [-0.1, -0.05) is 0 Å². The van der Waals surface area contributed by atoms with Crippen molar-refractivity contribution in [3.05, 3.63) is 5.82 Å². The molecule has 2 rings (SSSR count). The van der Waals surface area contributed by atoms with E-state index in [1.165, 1.54) is 0 Å². The van der Waals surface area contributed by atoms with E-state index in [2.05, 4.69) is 20.2 Å². The normalized spacial score (nSPS) is 17.8.